The first-order valence-corrected chi connectivity index (χ1v) is 7.42. The van der Waals surface area contributed by atoms with Crippen molar-refractivity contribution in [2.24, 2.45) is 0 Å². The van der Waals surface area contributed by atoms with Gasteiger partial charge in [-0.2, -0.15) is 0 Å². The van der Waals surface area contributed by atoms with Gasteiger partial charge in [0.05, 0.1) is 11.0 Å². The smallest absolute Gasteiger partial charge is 0.139 e. The first kappa shape index (κ1) is 12.9. The highest BCUT2D eigenvalue weighted by atomic mass is 127. The van der Waals surface area contributed by atoms with Crippen LogP contribution in [0.15, 0.2) is 30.3 Å². The van der Waals surface area contributed by atoms with Gasteiger partial charge < -0.3 is 4.98 Å². The van der Waals surface area contributed by atoms with Crippen LogP contribution in [-0.4, -0.2) is 9.97 Å². The molecule has 19 heavy (non-hydrogen) atoms. The Balaban J connectivity index is 2.23. The van der Waals surface area contributed by atoms with Gasteiger partial charge in [-0.3, -0.25) is 0 Å². The number of aromatic nitrogens is 2. The van der Waals surface area contributed by atoms with E-state index in [2.05, 4.69) is 58.5 Å². The molecule has 2 nitrogen and oxygen atoms in total. The number of hydrogen-bond acceptors (Lipinski definition) is 1. The number of benzene rings is 2. The van der Waals surface area contributed by atoms with Gasteiger partial charge in [0.15, 0.2) is 0 Å². The fourth-order valence-corrected chi connectivity index (χ4v) is 2.84. The molecule has 0 spiro atoms. The molecule has 1 heterocycles. The van der Waals surface area contributed by atoms with Crippen molar-refractivity contribution in [1.29, 1.82) is 0 Å². The number of hydrogen-bond donors (Lipinski definition) is 1. The van der Waals surface area contributed by atoms with Crippen LogP contribution < -0.4 is 0 Å². The molecule has 4 heteroatoms. The Labute approximate surface area is 130 Å². The molecule has 0 atom stereocenters. The van der Waals surface area contributed by atoms with Gasteiger partial charge in [-0.1, -0.05) is 11.6 Å². The van der Waals surface area contributed by atoms with Crippen LogP contribution in [0.2, 0.25) is 5.02 Å². The average Bonchev–Trinajstić information content (AvgIpc) is 2.75. The lowest BCUT2D eigenvalue weighted by Gasteiger charge is -2.01. The van der Waals surface area contributed by atoms with Crippen LogP contribution >= 0.6 is 34.2 Å². The molecule has 1 N–H and O–H groups in total. The highest BCUT2D eigenvalue weighted by molar-refractivity contribution is 14.1. The number of fused-ring (bicyclic) bond motifs is 1. The Hall–Kier alpha value is -1.07. The second-order valence-corrected chi connectivity index (χ2v) is 6.26. The van der Waals surface area contributed by atoms with Crippen molar-refractivity contribution in [3.63, 3.8) is 0 Å². The van der Waals surface area contributed by atoms with Gasteiger partial charge in [-0.15, -0.1) is 0 Å². The van der Waals surface area contributed by atoms with Gasteiger partial charge in [0.25, 0.3) is 0 Å². The molecule has 0 saturated heterocycles. The lowest BCUT2D eigenvalue weighted by atomic mass is 10.1. The first-order valence-electron chi connectivity index (χ1n) is 5.97. The number of H-pyrrole nitrogens is 1. The van der Waals surface area contributed by atoms with Crippen molar-refractivity contribution >= 4 is 45.2 Å². The SMILES string of the molecule is Cc1cc2nc(-c3cc(Cl)ccc3I)[nH]c2cc1C. The maximum absolute atomic E-state index is 6.07. The Morgan fingerprint density at radius 1 is 1.11 bits per heavy atom. The van der Waals surface area contributed by atoms with Gasteiger partial charge >= 0.3 is 0 Å². The number of nitrogens with zero attached hydrogens (tertiary/aromatic N) is 1. The predicted octanol–water partition coefficient (Wildman–Crippen LogP) is 5.10. The van der Waals surface area contributed by atoms with Crippen molar-refractivity contribution in [3.05, 3.63) is 50.1 Å². The van der Waals surface area contributed by atoms with Crippen LogP contribution in [0.25, 0.3) is 22.4 Å². The predicted molar refractivity (Wildman–Crippen MR) is 88.7 cm³/mol. The molecule has 2 aromatic carbocycles. The van der Waals surface area contributed by atoms with E-state index < -0.39 is 0 Å². The van der Waals surface area contributed by atoms with Crippen molar-refractivity contribution in [1.82, 2.24) is 9.97 Å². The summed E-state index contributed by atoms with van der Waals surface area (Å²) in [6.45, 7) is 4.21. The van der Waals surface area contributed by atoms with E-state index >= 15 is 0 Å². The summed E-state index contributed by atoms with van der Waals surface area (Å²) in [5, 5.41) is 0.725. The second-order valence-electron chi connectivity index (χ2n) is 4.66. The summed E-state index contributed by atoms with van der Waals surface area (Å²) in [5.74, 6) is 0.868. The molecule has 0 aliphatic rings. The number of rotatable bonds is 1. The van der Waals surface area contributed by atoms with E-state index in [0.717, 1.165) is 31.0 Å². The minimum atomic E-state index is 0.725. The number of imidazole rings is 1. The lowest BCUT2D eigenvalue weighted by molar-refractivity contribution is 1.33. The summed E-state index contributed by atoms with van der Waals surface area (Å²) in [5.41, 5.74) is 5.62. The van der Waals surface area contributed by atoms with Crippen LogP contribution in [0.5, 0.6) is 0 Å². The lowest BCUT2D eigenvalue weighted by Crippen LogP contribution is -1.84. The highest BCUT2D eigenvalue weighted by Gasteiger charge is 2.10. The Kier molecular flexibility index (Phi) is 3.27. The molecule has 3 aromatic rings. The van der Waals surface area contributed by atoms with Crippen molar-refractivity contribution in [2.45, 2.75) is 13.8 Å². The van der Waals surface area contributed by atoms with Crippen LogP contribution in [0.1, 0.15) is 11.1 Å². The molecule has 1 aromatic heterocycles. The van der Waals surface area contributed by atoms with E-state index in [4.69, 9.17) is 11.6 Å². The first-order chi connectivity index (χ1) is 9.04. The van der Waals surface area contributed by atoms with Gasteiger partial charge in [-0.05, 0) is 77.9 Å². The van der Waals surface area contributed by atoms with E-state index in [9.17, 15) is 0 Å². The zero-order chi connectivity index (χ0) is 13.6. The van der Waals surface area contributed by atoms with E-state index in [1.807, 2.05) is 18.2 Å². The molecule has 0 aliphatic heterocycles. The van der Waals surface area contributed by atoms with E-state index in [1.165, 1.54) is 11.1 Å². The number of nitrogens with one attached hydrogen (secondary N) is 1. The quantitative estimate of drug-likeness (QED) is 0.583. The Bertz CT molecular complexity index is 738. The maximum Gasteiger partial charge on any atom is 0.139 e. The van der Waals surface area contributed by atoms with Crippen molar-refractivity contribution < 1.29 is 0 Å². The average molecular weight is 383 g/mol. The third-order valence-corrected chi connectivity index (χ3v) is 4.46. The Morgan fingerprint density at radius 2 is 1.84 bits per heavy atom. The zero-order valence-corrected chi connectivity index (χ0v) is 13.5. The highest BCUT2D eigenvalue weighted by Crippen LogP contribution is 2.28. The molecular formula is C15H12ClIN2. The molecule has 0 fully saturated rings. The van der Waals surface area contributed by atoms with Crippen molar-refractivity contribution in [3.8, 4) is 11.4 Å². The molecule has 0 saturated carbocycles. The van der Waals surface area contributed by atoms with E-state index in [1.54, 1.807) is 0 Å². The third-order valence-electron chi connectivity index (χ3n) is 3.28. The minimum Gasteiger partial charge on any atom is -0.338 e. The fourth-order valence-electron chi connectivity index (χ4n) is 2.08. The second kappa shape index (κ2) is 4.80. The summed E-state index contributed by atoms with van der Waals surface area (Å²) in [4.78, 5) is 8.04. The number of halogens is 2. The normalized spacial score (nSPS) is 11.2. The zero-order valence-electron chi connectivity index (χ0n) is 10.6. The molecule has 0 amide bonds. The molecule has 96 valence electrons. The van der Waals surface area contributed by atoms with Gasteiger partial charge in [0, 0.05) is 14.2 Å². The fraction of sp³-hybridized carbons (Fsp3) is 0.133. The van der Waals surface area contributed by atoms with Crippen LogP contribution in [-0.2, 0) is 0 Å². The molecule has 0 unspecified atom stereocenters. The maximum atomic E-state index is 6.07. The number of aromatic amines is 1. The minimum absolute atomic E-state index is 0.725. The molecule has 0 radical (unpaired) electrons. The standard InChI is InChI=1S/C15H12ClIN2/c1-8-5-13-14(6-9(8)2)19-15(18-13)11-7-10(16)3-4-12(11)17/h3-7H,1-2H3,(H,18,19). The summed E-state index contributed by atoms with van der Waals surface area (Å²) in [6.07, 6.45) is 0. The van der Waals surface area contributed by atoms with Crippen LogP contribution in [0.3, 0.4) is 0 Å². The van der Waals surface area contributed by atoms with Gasteiger partial charge in [-0.25, -0.2) is 4.98 Å². The third kappa shape index (κ3) is 2.37. The van der Waals surface area contributed by atoms with E-state index in [0.29, 0.717) is 0 Å². The van der Waals surface area contributed by atoms with Gasteiger partial charge in [0.1, 0.15) is 5.82 Å². The summed E-state index contributed by atoms with van der Waals surface area (Å²) >= 11 is 8.37. The summed E-state index contributed by atoms with van der Waals surface area (Å²) in [7, 11) is 0. The molecule has 3 rings (SSSR count). The van der Waals surface area contributed by atoms with Crippen LogP contribution in [0, 0.1) is 17.4 Å². The topological polar surface area (TPSA) is 28.7 Å². The van der Waals surface area contributed by atoms with E-state index in [-0.39, 0.29) is 0 Å². The number of aryl methyl sites for hydroxylation is 2. The van der Waals surface area contributed by atoms with Gasteiger partial charge in [0.2, 0.25) is 0 Å². The molecular weight excluding hydrogens is 371 g/mol. The molecule has 0 bridgehead atoms. The molecule has 0 aliphatic carbocycles. The largest absolute Gasteiger partial charge is 0.338 e. The summed E-state index contributed by atoms with van der Waals surface area (Å²) in [6, 6.07) is 10.1. The van der Waals surface area contributed by atoms with Crippen LogP contribution in [0.4, 0.5) is 0 Å². The Morgan fingerprint density at radius 3 is 2.63 bits per heavy atom. The van der Waals surface area contributed by atoms with Crippen molar-refractivity contribution in [2.75, 3.05) is 0 Å². The monoisotopic (exact) mass is 382 g/mol. The summed E-state index contributed by atoms with van der Waals surface area (Å²) < 4.78 is 1.13.